The van der Waals surface area contributed by atoms with Crippen LogP contribution in [-0.4, -0.2) is 30.1 Å². The van der Waals surface area contributed by atoms with E-state index in [0.29, 0.717) is 12.4 Å². The van der Waals surface area contributed by atoms with Gasteiger partial charge in [-0.05, 0) is 43.0 Å². The molecule has 0 saturated heterocycles. The molecule has 0 saturated carbocycles. The first-order valence-electron chi connectivity index (χ1n) is 9.43. The molecule has 0 radical (unpaired) electrons. The molecule has 2 amide bonds. The maximum atomic E-state index is 13.0. The Balaban J connectivity index is 2.16. The molecule has 1 aromatic carbocycles. The summed E-state index contributed by atoms with van der Waals surface area (Å²) in [5, 5.41) is 3.04. The number of nitrogens with zero attached hydrogens (tertiary/aromatic N) is 1. The van der Waals surface area contributed by atoms with Crippen LogP contribution in [0.1, 0.15) is 44.1 Å². The van der Waals surface area contributed by atoms with E-state index >= 15 is 0 Å². The van der Waals surface area contributed by atoms with Crippen LogP contribution < -0.4 is 5.32 Å². The van der Waals surface area contributed by atoms with Gasteiger partial charge < -0.3 is 19.4 Å². The predicted molar refractivity (Wildman–Crippen MR) is 105 cm³/mol. The SMILES string of the molecule is CCOC(=O)CCN(Cc1ccco1)C(=O)Nc1c(CC)cccc1CC. The first-order valence-corrected chi connectivity index (χ1v) is 9.43. The van der Waals surface area contributed by atoms with E-state index < -0.39 is 0 Å². The average molecular weight is 372 g/mol. The number of furan rings is 1. The van der Waals surface area contributed by atoms with E-state index in [1.807, 2.05) is 24.3 Å². The topological polar surface area (TPSA) is 71.8 Å². The summed E-state index contributed by atoms with van der Waals surface area (Å²) in [6.07, 6.45) is 3.35. The molecule has 1 aromatic heterocycles. The quantitative estimate of drug-likeness (QED) is 0.663. The lowest BCUT2D eigenvalue weighted by molar-refractivity contribution is -0.143. The second-order valence-electron chi connectivity index (χ2n) is 6.14. The number of carbonyl (C=O) groups is 2. The number of para-hydroxylation sites is 1. The summed E-state index contributed by atoms with van der Waals surface area (Å²) >= 11 is 0. The van der Waals surface area contributed by atoms with Gasteiger partial charge in [0.05, 0.1) is 25.8 Å². The normalized spacial score (nSPS) is 10.5. The Morgan fingerprint density at radius 1 is 1.07 bits per heavy atom. The third-order valence-electron chi connectivity index (χ3n) is 4.34. The van der Waals surface area contributed by atoms with Gasteiger partial charge in [-0.15, -0.1) is 0 Å². The monoisotopic (exact) mass is 372 g/mol. The fourth-order valence-corrected chi connectivity index (χ4v) is 2.89. The van der Waals surface area contributed by atoms with Crippen LogP contribution in [0.25, 0.3) is 0 Å². The average Bonchev–Trinajstić information content (AvgIpc) is 3.18. The molecule has 0 aliphatic rings. The van der Waals surface area contributed by atoms with Gasteiger partial charge in [-0.2, -0.15) is 0 Å². The number of urea groups is 1. The molecule has 0 fully saturated rings. The number of rotatable bonds is 9. The number of aryl methyl sites for hydroxylation is 2. The zero-order valence-electron chi connectivity index (χ0n) is 16.3. The number of ether oxygens (including phenoxy) is 1. The summed E-state index contributed by atoms with van der Waals surface area (Å²) in [6, 6.07) is 9.37. The smallest absolute Gasteiger partial charge is 0.322 e. The molecule has 0 aliphatic heterocycles. The van der Waals surface area contributed by atoms with E-state index in [4.69, 9.17) is 9.15 Å². The van der Waals surface area contributed by atoms with Gasteiger partial charge in [0.1, 0.15) is 5.76 Å². The summed E-state index contributed by atoms with van der Waals surface area (Å²) in [5.74, 6) is 0.339. The van der Waals surface area contributed by atoms with Crippen molar-refractivity contribution < 1.29 is 18.7 Å². The predicted octanol–water partition coefficient (Wildman–Crippen LogP) is 4.39. The fraction of sp³-hybridized carbons (Fsp3) is 0.429. The highest BCUT2D eigenvalue weighted by Gasteiger charge is 2.19. The van der Waals surface area contributed by atoms with Gasteiger partial charge in [0.15, 0.2) is 0 Å². The second kappa shape index (κ2) is 10.4. The van der Waals surface area contributed by atoms with E-state index in [1.54, 1.807) is 24.2 Å². The van der Waals surface area contributed by atoms with E-state index in [1.165, 1.54) is 0 Å². The van der Waals surface area contributed by atoms with Crippen LogP contribution in [-0.2, 0) is 28.9 Å². The fourth-order valence-electron chi connectivity index (χ4n) is 2.89. The van der Waals surface area contributed by atoms with Crippen LogP contribution >= 0.6 is 0 Å². The Labute approximate surface area is 160 Å². The molecule has 1 N–H and O–H groups in total. The van der Waals surface area contributed by atoms with Gasteiger partial charge >= 0.3 is 12.0 Å². The van der Waals surface area contributed by atoms with Crippen molar-refractivity contribution in [3.63, 3.8) is 0 Å². The van der Waals surface area contributed by atoms with Crippen LogP contribution in [0.15, 0.2) is 41.0 Å². The van der Waals surface area contributed by atoms with Crippen molar-refractivity contribution in [3.8, 4) is 0 Å². The van der Waals surface area contributed by atoms with Gasteiger partial charge in [-0.1, -0.05) is 32.0 Å². The second-order valence-corrected chi connectivity index (χ2v) is 6.14. The van der Waals surface area contributed by atoms with E-state index in [0.717, 1.165) is 29.7 Å². The van der Waals surface area contributed by atoms with E-state index in [9.17, 15) is 9.59 Å². The Hall–Kier alpha value is -2.76. The van der Waals surface area contributed by atoms with Crippen LogP contribution in [0.5, 0.6) is 0 Å². The number of hydrogen-bond acceptors (Lipinski definition) is 4. The van der Waals surface area contributed by atoms with Crippen LogP contribution in [0.2, 0.25) is 0 Å². The number of carbonyl (C=O) groups excluding carboxylic acids is 2. The summed E-state index contributed by atoms with van der Waals surface area (Å²) < 4.78 is 10.3. The molecule has 0 aliphatic carbocycles. The maximum Gasteiger partial charge on any atom is 0.322 e. The summed E-state index contributed by atoms with van der Waals surface area (Å²) in [4.78, 5) is 26.3. The highest BCUT2D eigenvalue weighted by molar-refractivity contribution is 5.91. The van der Waals surface area contributed by atoms with Gasteiger partial charge in [-0.3, -0.25) is 4.79 Å². The largest absolute Gasteiger partial charge is 0.467 e. The van der Waals surface area contributed by atoms with Gasteiger partial charge in [0.2, 0.25) is 0 Å². The minimum absolute atomic E-state index is 0.137. The summed E-state index contributed by atoms with van der Waals surface area (Å²) in [6.45, 7) is 6.75. The van der Waals surface area contributed by atoms with Crippen molar-refractivity contribution in [2.24, 2.45) is 0 Å². The molecule has 6 heteroatoms. The molecule has 0 bridgehead atoms. The molecule has 2 aromatic rings. The number of esters is 1. The minimum atomic E-state index is -0.321. The molecule has 146 valence electrons. The number of amides is 2. The third kappa shape index (κ3) is 5.88. The molecule has 27 heavy (non-hydrogen) atoms. The zero-order chi connectivity index (χ0) is 19.6. The Bertz CT molecular complexity index is 718. The lowest BCUT2D eigenvalue weighted by atomic mass is 10.0. The zero-order valence-corrected chi connectivity index (χ0v) is 16.3. The molecule has 0 atom stereocenters. The molecule has 2 rings (SSSR count). The first kappa shape index (κ1) is 20.6. The molecule has 0 unspecified atom stereocenters. The van der Waals surface area contributed by atoms with Crippen molar-refractivity contribution in [3.05, 3.63) is 53.5 Å². The highest BCUT2D eigenvalue weighted by Crippen LogP contribution is 2.23. The number of benzene rings is 1. The van der Waals surface area contributed by atoms with Crippen molar-refractivity contribution in [1.29, 1.82) is 0 Å². The van der Waals surface area contributed by atoms with Gasteiger partial charge in [-0.25, -0.2) is 4.79 Å². The standard InChI is InChI=1S/C21H28N2O4/c1-4-16-9-7-10-17(5-2)20(16)22-21(25)23(13-12-19(24)26-6-3)15-18-11-8-14-27-18/h7-11,14H,4-6,12-13,15H2,1-3H3,(H,22,25). The van der Waals surface area contributed by atoms with Crippen molar-refractivity contribution in [2.75, 3.05) is 18.5 Å². The van der Waals surface area contributed by atoms with E-state index in [-0.39, 0.29) is 31.5 Å². The van der Waals surface area contributed by atoms with Crippen molar-refractivity contribution >= 4 is 17.7 Å². The maximum absolute atomic E-state index is 13.0. The molecular formula is C21H28N2O4. The minimum Gasteiger partial charge on any atom is -0.467 e. The lowest BCUT2D eigenvalue weighted by Gasteiger charge is -2.23. The third-order valence-corrected chi connectivity index (χ3v) is 4.34. The number of nitrogens with one attached hydrogen (secondary N) is 1. The highest BCUT2D eigenvalue weighted by atomic mass is 16.5. The molecule has 1 heterocycles. The Morgan fingerprint density at radius 3 is 2.33 bits per heavy atom. The van der Waals surface area contributed by atoms with Crippen molar-refractivity contribution in [2.45, 2.75) is 46.6 Å². The number of anilines is 1. The van der Waals surface area contributed by atoms with Gasteiger partial charge in [0.25, 0.3) is 0 Å². The Morgan fingerprint density at radius 2 is 1.78 bits per heavy atom. The van der Waals surface area contributed by atoms with Crippen molar-refractivity contribution in [1.82, 2.24) is 4.90 Å². The molecule has 0 spiro atoms. The van der Waals surface area contributed by atoms with Gasteiger partial charge in [0, 0.05) is 12.2 Å². The van der Waals surface area contributed by atoms with Crippen LogP contribution in [0, 0.1) is 0 Å². The summed E-state index contributed by atoms with van der Waals surface area (Å²) in [5.41, 5.74) is 3.03. The molecule has 6 nitrogen and oxygen atoms in total. The summed E-state index contributed by atoms with van der Waals surface area (Å²) in [7, 11) is 0. The Kier molecular flexibility index (Phi) is 7.92. The lowest BCUT2D eigenvalue weighted by Crippen LogP contribution is -2.36. The molecular weight excluding hydrogens is 344 g/mol. The van der Waals surface area contributed by atoms with E-state index in [2.05, 4.69) is 19.2 Å². The van der Waals surface area contributed by atoms with Crippen LogP contribution in [0.3, 0.4) is 0 Å². The number of hydrogen-bond donors (Lipinski definition) is 1. The van der Waals surface area contributed by atoms with Crippen LogP contribution in [0.4, 0.5) is 10.5 Å². The first-order chi connectivity index (χ1) is 13.1.